The van der Waals surface area contributed by atoms with Crippen LogP contribution in [0.1, 0.15) is 27.8 Å². The molecule has 5 rings (SSSR count). The Kier molecular flexibility index (Phi) is 5.29. The first-order valence-electron chi connectivity index (χ1n) is 10.5. The molecule has 1 N–H and O–H groups in total. The molecule has 0 bridgehead atoms. The van der Waals surface area contributed by atoms with Crippen LogP contribution in [0.15, 0.2) is 85.1 Å². The molecule has 1 amide bonds. The number of para-hydroxylation sites is 2. The summed E-state index contributed by atoms with van der Waals surface area (Å²) in [7, 11) is 1.65. The molecular weight excluding hydrogens is 402 g/mol. The number of nitrogens with zero attached hydrogens (tertiary/aromatic N) is 4. The number of carbonyl (C=O) groups is 1. The monoisotopic (exact) mass is 425 g/mol. The van der Waals surface area contributed by atoms with Crippen molar-refractivity contribution in [2.75, 3.05) is 19.0 Å². The SMILES string of the molecule is COc1ccc(CCN2C(=O)c3ccccc3NC2c2cnn(-c3ccccc3)n2)cc1. The number of carbonyl (C=O) groups excluding carboxylic acids is 1. The van der Waals surface area contributed by atoms with Gasteiger partial charge in [-0.15, -0.1) is 5.10 Å². The summed E-state index contributed by atoms with van der Waals surface area (Å²) in [5.41, 5.74) is 4.15. The lowest BCUT2D eigenvalue weighted by molar-refractivity contribution is 0.0682. The Morgan fingerprint density at radius 2 is 1.72 bits per heavy atom. The number of rotatable bonds is 6. The zero-order valence-electron chi connectivity index (χ0n) is 17.7. The first-order chi connectivity index (χ1) is 15.7. The standard InChI is InChI=1S/C25H23N5O2/c1-32-20-13-11-18(12-14-20)15-16-29-24(27-22-10-6-5-9-21(22)25(29)31)23-17-26-30(28-23)19-7-3-2-4-8-19/h2-14,17,24,27H,15-16H2,1H3. The number of anilines is 1. The molecule has 1 aliphatic heterocycles. The highest BCUT2D eigenvalue weighted by atomic mass is 16.5. The molecule has 2 heterocycles. The van der Waals surface area contributed by atoms with Crippen LogP contribution in [0.5, 0.6) is 5.75 Å². The molecule has 7 nitrogen and oxygen atoms in total. The molecule has 3 aromatic carbocycles. The third-order valence-corrected chi connectivity index (χ3v) is 5.60. The second-order valence-corrected chi connectivity index (χ2v) is 7.58. The molecule has 0 saturated heterocycles. The molecule has 0 saturated carbocycles. The molecule has 7 heteroatoms. The van der Waals surface area contributed by atoms with Gasteiger partial charge in [-0.05, 0) is 48.4 Å². The zero-order valence-corrected chi connectivity index (χ0v) is 17.7. The number of amides is 1. The lowest BCUT2D eigenvalue weighted by atomic mass is 10.0. The zero-order chi connectivity index (χ0) is 21.9. The van der Waals surface area contributed by atoms with Crippen molar-refractivity contribution in [3.63, 3.8) is 0 Å². The first-order valence-corrected chi connectivity index (χ1v) is 10.5. The van der Waals surface area contributed by atoms with Crippen molar-refractivity contribution in [2.24, 2.45) is 0 Å². The topological polar surface area (TPSA) is 72.3 Å². The van der Waals surface area contributed by atoms with Crippen molar-refractivity contribution in [1.29, 1.82) is 0 Å². The van der Waals surface area contributed by atoms with Crippen LogP contribution in [0.25, 0.3) is 5.69 Å². The summed E-state index contributed by atoms with van der Waals surface area (Å²) in [6, 6.07) is 25.2. The van der Waals surface area contributed by atoms with Crippen molar-refractivity contribution in [3.8, 4) is 11.4 Å². The molecule has 1 unspecified atom stereocenters. The predicted octanol–water partition coefficient (Wildman–Crippen LogP) is 4.09. The Labute approximate surface area is 186 Å². The van der Waals surface area contributed by atoms with Gasteiger partial charge in [-0.3, -0.25) is 4.79 Å². The maximum absolute atomic E-state index is 13.4. The second kappa shape index (κ2) is 8.55. The van der Waals surface area contributed by atoms with Crippen LogP contribution in [-0.2, 0) is 6.42 Å². The Hall–Kier alpha value is -4.13. The van der Waals surface area contributed by atoms with Crippen molar-refractivity contribution >= 4 is 11.6 Å². The molecule has 1 atom stereocenters. The molecular formula is C25H23N5O2. The largest absolute Gasteiger partial charge is 0.497 e. The van der Waals surface area contributed by atoms with E-state index in [1.54, 1.807) is 18.1 Å². The summed E-state index contributed by atoms with van der Waals surface area (Å²) in [6.45, 7) is 0.537. The molecule has 160 valence electrons. The summed E-state index contributed by atoms with van der Waals surface area (Å²) >= 11 is 0. The van der Waals surface area contributed by atoms with Gasteiger partial charge in [-0.25, -0.2) is 0 Å². The summed E-state index contributed by atoms with van der Waals surface area (Å²) in [4.78, 5) is 16.8. The normalized spacial score (nSPS) is 15.2. The maximum Gasteiger partial charge on any atom is 0.257 e. The Balaban J connectivity index is 1.44. The van der Waals surface area contributed by atoms with Crippen LogP contribution in [0, 0.1) is 0 Å². The Morgan fingerprint density at radius 1 is 0.969 bits per heavy atom. The molecule has 1 aliphatic rings. The summed E-state index contributed by atoms with van der Waals surface area (Å²) < 4.78 is 5.24. The third-order valence-electron chi connectivity index (χ3n) is 5.60. The fraction of sp³-hybridized carbons (Fsp3) is 0.160. The molecule has 0 fully saturated rings. The van der Waals surface area contributed by atoms with Gasteiger partial charge < -0.3 is 15.0 Å². The van der Waals surface area contributed by atoms with Crippen LogP contribution < -0.4 is 10.1 Å². The fourth-order valence-electron chi connectivity index (χ4n) is 3.88. The van der Waals surface area contributed by atoms with Crippen molar-refractivity contribution in [3.05, 3.63) is 102 Å². The Bertz CT molecular complexity index is 1220. The van der Waals surface area contributed by atoms with E-state index < -0.39 is 6.17 Å². The molecule has 1 aromatic heterocycles. The van der Waals surface area contributed by atoms with Gasteiger partial charge in [0.25, 0.3) is 5.91 Å². The maximum atomic E-state index is 13.4. The molecule has 0 aliphatic carbocycles. The quantitative estimate of drug-likeness (QED) is 0.504. The Morgan fingerprint density at radius 3 is 2.50 bits per heavy atom. The minimum Gasteiger partial charge on any atom is -0.497 e. The van der Waals surface area contributed by atoms with Crippen LogP contribution >= 0.6 is 0 Å². The van der Waals surface area contributed by atoms with E-state index in [0.717, 1.165) is 22.7 Å². The minimum absolute atomic E-state index is 0.0212. The van der Waals surface area contributed by atoms with Gasteiger partial charge in [-0.1, -0.05) is 42.5 Å². The number of hydrogen-bond acceptors (Lipinski definition) is 5. The number of aromatic nitrogens is 3. The predicted molar refractivity (Wildman–Crippen MR) is 122 cm³/mol. The average Bonchev–Trinajstić information content (AvgIpc) is 3.34. The molecule has 0 radical (unpaired) electrons. The lowest BCUT2D eigenvalue weighted by Gasteiger charge is -2.36. The van der Waals surface area contributed by atoms with Crippen LogP contribution in [0.3, 0.4) is 0 Å². The molecule has 32 heavy (non-hydrogen) atoms. The van der Waals surface area contributed by atoms with E-state index >= 15 is 0 Å². The highest BCUT2D eigenvalue weighted by Crippen LogP contribution is 2.32. The van der Waals surface area contributed by atoms with E-state index in [4.69, 9.17) is 4.74 Å². The highest BCUT2D eigenvalue weighted by Gasteiger charge is 2.34. The summed E-state index contributed by atoms with van der Waals surface area (Å²) in [6.07, 6.45) is 2.02. The summed E-state index contributed by atoms with van der Waals surface area (Å²) in [5, 5.41) is 12.6. The number of methoxy groups -OCH3 is 1. The third kappa shape index (κ3) is 3.80. The van der Waals surface area contributed by atoms with Crippen LogP contribution in [0.4, 0.5) is 5.69 Å². The molecule has 0 spiro atoms. The fourth-order valence-corrected chi connectivity index (χ4v) is 3.88. The van der Waals surface area contributed by atoms with Gasteiger partial charge in [0.2, 0.25) is 0 Å². The van der Waals surface area contributed by atoms with Crippen LogP contribution in [0.2, 0.25) is 0 Å². The number of fused-ring (bicyclic) bond motifs is 1. The molecule has 4 aromatic rings. The minimum atomic E-state index is -0.409. The van der Waals surface area contributed by atoms with E-state index in [0.29, 0.717) is 24.2 Å². The van der Waals surface area contributed by atoms with E-state index in [1.165, 1.54) is 0 Å². The van der Waals surface area contributed by atoms with E-state index in [2.05, 4.69) is 15.5 Å². The van der Waals surface area contributed by atoms with Crippen molar-refractivity contribution in [1.82, 2.24) is 19.9 Å². The van der Waals surface area contributed by atoms with Crippen LogP contribution in [-0.4, -0.2) is 39.5 Å². The second-order valence-electron chi connectivity index (χ2n) is 7.58. The van der Waals surface area contributed by atoms with E-state index in [1.807, 2.05) is 83.8 Å². The van der Waals surface area contributed by atoms with Crippen molar-refractivity contribution < 1.29 is 9.53 Å². The average molecular weight is 425 g/mol. The van der Waals surface area contributed by atoms with Gasteiger partial charge in [0, 0.05) is 12.2 Å². The van der Waals surface area contributed by atoms with E-state index in [-0.39, 0.29) is 5.91 Å². The van der Waals surface area contributed by atoms with E-state index in [9.17, 15) is 4.79 Å². The van der Waals surface area contributed by atoms with Gasteiger partial charge in [0.15, 0.2) is 0 Å². The van der Waals surface area contributed by atoms with Gasteiger partial charge in [0.05, 0.1) is 24.6 Å². The number of benzene rings is 3. The highest BCUT2D eigenvalue weighted by molar-refractivity contribution is 6.01. The first kappa shape index (κ1) is 19.8. The number of hydrogen-bond donors (Lipinski definition) is 1. The van der Waals surface area contributed by atoms with Gasteiger partial charge >= 0.3 is 0 Å². The van der Waals surface area contributed by atoms with Gasteiger partial charge in [0.1, 0.15) is 17.6 Å². The van der Waals surface area contributed by atoms with Gasteiger partial charge in [-0.2, -0.15) is 9.90 Å². The number of nitrogens with one attached hydrogen (secondary N) is 1. The summed E-state index contributed by atoms with van der Waals surface area (Å²) in [5.74, 6) is 0.793. The van der Waals surface area contributed by atoms with Crippen molar-refractivity contribution in [2.45, 2.75) is 12.6 Å². The smallest absolute Gasteiger partial charge is 0.257 e. The number of ether oxygens (including phenoxy) is 1. The lowest BCUT2D eigenvalue weighted by Crippen LogP contribution is -2.44.